The molecule has 2 saturated carbocycles. The quantitative estimate of drug-likeness (QED) is 0.842. The van der Waals surface area contributed by atoms with Crippen molar-refractivity contribution in [3.63, 3.8) is 0 Å². The summed E-state index contributed by atoms with van der Waals surface area (Å²) in [6.07, 6.45) is 10.4. The summed E-state index contributed by atoms with van der Waals surface area (Å²) in [6, 6.07) is 6.20. The summed E-state index contributed by atoms with van der Waals surface area (Å²) < 4.78 is 0. The molecule has 1 heterocycles. The Morgan fingerprint density at radius 1 is 1.12 bits per heavy atom. The van der Waals surface area contributed by atoms with Crippen molar-refractivity contribution in [2.24, 2.45) is 11.8 Å². The van der Waals surface area contributed by atoms with Crippen molar-refractivity contribution in [1.29, 1.82) is 0 Å². The van der Waals surface area contributed by atoms with Gasteiger partial charge in [-0.05, 0) is 74.2 Å². The summed E-state index contributed by atoms with van der Waals surface area (Å²) in [6.45, 7) is 2.24. The zero-order valence-electron chi connectivity index (χ0n) is 14.5. The van der Waals surface area contributed by atoms with Gasteiger partial charge in [0.25, 0.3) is 0 Å². The number of nitrogens with zero attached hydrogens (tertiary/aromatic N) is 1. The normalized spacial score (nSPS) is 35.9. The molecule has 0 unspecified atom stereocenters. The first-order valence-corrected chi connectivity index (χ1v) is 9.87. The molecule has 24 heavy (non-hydrogen) atoms. The van der Waals surface area contributed by atoms with Gasteiger partial charge in [-0.25, -0.2) is 0 Å². The Balaban J connectivity index is 1.60. The van der Waals surface area contributed by atoms with Gasteiger partial charge in [0.15, 0.2) is 5.78 Å². The number of hydrogen-bond acceptors (Lipinski definition) is 3. The highest BCUT2D eigenvalue weighted by Crippen LogP contribution is 2.56. The van der Waals surface area contributed by atoms with Crippen LogP contribution in [0.4, 0.5) is 5.69 Å². The lowest BCUT2D eigenvalue weighted by atomic mass is 9.52. The number of likely N-dealkylation sites (tertiary alicyclic amines) is 1. The van der Waals surface area contributed by atoms with Gasteiger partial charge in [-0.2, -0.15) is 0 Å². The van der Waals surface area contributed by atoms with E-state index >= 15 is 0 Å². The van der Waals surface area contributed by atoms with Crippen molar-refractivity contribution in [2.45, 2.75) is 62.8 Å². The number of Topliss-reactive ketones (excluding diaryl/α,β-unsaturated/α-hetero) is 1. The van der Waals surface area contributed by atoms with Gasteiger partial charge in [0, 0.05) is 23.2 Å². The molecule has 2 bridgehead atoms. The molecule has 0 spiro atoms. The molecule has 0 aromatic heterocycles. The highest BCUT2D eigenvalue weighted by atomic mass is 16.1. The monoisotopic (exact) mass is 324 g/mol. The second-order valence-corrected chi connectivity index (χ2v) is 8.66. The van der Waals surface area contributed by atoms with Crippen LogP contribution in [0.15, 0.2) is 18.2 Å². The Morgan fingerprint density at radius 3 is 2.79 bits per heavy atom. The van der Waals surface area contributed by atoms with E-state index < -0.39 is 0 Å². The van der Waals surface area contributed by atoms with Crippen LogP contribution in [0.25, 0.3) is 0 Å². The maximum atomic E-state index is 13.4. The third-order valence-electron chi connectivity index (χ3n) is 7.55. The number of nitrogen functional groups attached to an aromatic ring is 1. The standard InChI is InChI=1S/C21H28N2O/c22-15-7-8-16-18(12-15)21-9-2-1-6-17(21)19(20(16)24)23(11-10-21)13-14-4-3-5-14/h7-8,12,14,17,19H,1-6,9-11,13,22H2/t17-,19+,21+/m0/s1. The van der Waals surface area contributed by atoms with Gasteiger partial charge in [-0.15, -0.1) is 0 Å². The Bertz CT molecular complexity index is 680. The topological polar surface area (TPSA) is 46.3 Å². The van der Waals surface area contributed by atoms with Crippen molar-refractivity contribution < 1.29 is 4.79 Å². The van der Waals surface area contributed by atoms with Gasteiger partial charge in [0.2, 0.25) is 0 Å². The molecule has 128 valence electrons. The molecule has 3 nitrogen and oxygen atoms in total. The fourth-order valence-electron chi connectivity index (χ4n) is 6.15. The van der Waals surface area contributed by atoms with Gasteiger partial charge >= 0.3 is 0 Å². The smallest absolute Gasteiger partial charge is 0.180 e. The number of nitrogens with two attached hydrogens (primary N) is 1. The van der Waals surface area contributed by atoms with Crippen molar-refractivity contribution in [3.05, 3.63) is 29.3 Å². The van der Waals surface area contributed by atoms with E-state index in [9.17, 15) is 4.79 Å². The second-order valence-electron chi connectivity index (χ2n) is 8.66. The highest BCUT2D eigenvalue weighted by Gasteiger charge is 2.57. The molecule has 3 fully saturated rings. The third-order valence-corrected chi connectivity index (χ3v) is 7.55. The molecule has 2 N–H and O–H groups in total. The van der Waals surface area contributed by atoms with Gasteiger partial charge in [-0.1, -0.05) is 19.3 Å². The van der Waals surface area contributed by atoms with Crippen LogP contribution in [0, 0.1) is 11.8 Å². The summed E-state index contributed by atoms with van der Waals surface area (Å²) in [4.78, 5) is 16.0. The summed E-state index contributed by atoms with van der Waals surface area (Å²) in [5.41, 5.74) is 9.41. The van der Waals surface area contributed by atoms with E-state index in [2.05, 4.69) is 11.0 Å². The summed E-state index contributed by atoms with van der Waals surface area (Å²) >= 11 is 0. The molecule has 1 saturated heterocycles. The predicted octanol–water partition coefficient (Wildman–Crippen LogP) is 3.77. The Labute approximate surface area is 144 Å². The first-order valence-electron chi connectivity index (χ1n) is 9.87. The molecular weight excluding hydrogens is 296 g/mol. The van der Waals surface area contributed by atoms with E-state index in [0.717, 1.165) is 30.3 Å². The second kappa shape index (κ2) is 5.32. The van der Waals surface area contributed by atoms with E-state index in [1.165, 1.54) is 56.9 Å². The van der Waals surface area contributed by atoms with Crippen LogP contribution in [0.3, 0.4) is 0 Å². The molecule has 1 aromatic rings. The summed E-state index contributed by atoms with van der Waals surface area (Å²) in [5.74, 6) is 1.73. The zero-order valence-corrected chi connectivity index (χ0v) is 14.5. The van der Waals surface area contributed by atoms with E-state index in [0.29, 0.717) is 11.7 Å². The van der Waals surface area contributed by atoms with E-state index in [1.54, 1.807) is 0 Å². The number of rotatable bonds is 2. The van der Waals surface area contributed by atoms with Crippen LogP contribution in [0.2, 0.25) is 0 Å². The molecule has 0 radical (unpaired) electrons. The van der Waals surface area contributed by atoms with Gasteiger partial charge in [0.05, 0.1) is 6.04 Å². The van der Waals surface area contributed by atoms with Crippen molar-refractivity contribution >= 4 is 11.5 Å². The van der Waals surface area contributed by atoms with Gasteiger partial charge in [0.1, 0.15) is 0 Å². The molecule has 1 aliphatic heterocycles. The van der Waals surface area contributed by atoms with E-state index in [-0.39, 0.29) is 11.5 Å². The van der Waals surface area contributed by atoms with Crippen molar-refractivity contribution in [2.75, 3.05) is 18.8 Å². The number of piperidine rings is 1. The van der Waals surface area contributed by atoms with Gasteiger partial charge in [-0.3, -0.25) is 9.69 Å². The number of carbonyl (C=O) groups excluding carboxylic acids is 1. The predicted molar refractivity (Wildman–Crippen MR) is 96.1 cm³/mol. The third kappa shape index (κ3) is 1.97. The maximum absolute atomic E-state index is 13.4. The fraction of sp³-hybridized carbons (Fsp3) is 0.667. The first-order chi connectivity index (χ1) is 11.7. The summed E-state index contributed by atoms with van der Waals surface area (Å²) in [7, 11) is 0. The minimum atomic E-state index is 0.135. The average molecular weight is 324 g/mol. The number of fused-ring (bicyclic) bond motifs is 1. The lowest BCUT2D eigenvalue weighted by molar-refractivity contribution is -0.0134. The maximum Gasteiger partial charge on any atom is 0.180 e. The van der Waals surface area contributed by atoms with Crippen LogP contribution in [-0.2, 0) is 5.41 Å². The molecule has 3 heteroatoms. The Morgan fingerprint density at radius 2 is 2.00 bits per heavy atom. The molecule has 1 aromatic carbocycles. The van der Waals surface area contributed by atoms with Crippen molar-refractivity contribution in [3.8, 4) is 0 Å². The molecule has 4 aliphatic rings. The Hall–Kier alpha value is -1.35. The average Bonchev–Trinajstić information content (AvgIpc) is 2.56. The summed E-state index contributed by atoms with van der Waals surface area (Å²) in [5, 5.41) is 0. The fourth-order valence-corrected chi connectivity index (χ4v) is 6.15. The lowest BCUT2D eigenvalue weighted by Gasteiger charge is -2.58. The van der Waals surface area contributed by atoms with Gasteiger partial charge < -0.3 is 5.73 Å². The minimum absolute atomic E-state index is 0.135. The van der Waals surface area contributed by atoms with Crippen LogP contribution in [0.5, 0.6) is 0 Å². The highest BCUT2D eigenvalue weighted by molar-refractivity contribution is 6.04. The number of hydrogen-bond donors (Lipinski definition) is 1. The van der Waals surface area contributed by atoms with Crippen molar-refractivity contribution in [1.82, 2.24) is 4.90 Å². The lowest BCUT2D eigenvalue weighted by Crippen LogP contribution is -2.64. The molecule has 3 aliphatic carbocycles. The number of ketones is 1. The largest absolute Gasteiger partial charge is 0.399 e. The first kappa shape index (κ1) is 14.9. The zero-order chi connectivity index (χ0) is 16.3. The Kier molecular flexibility index (Phi) is 3.31. The molecule has 0 amide bonds. The molecule has 5 rings (SSSR count). The number of carbonyl (C=O) groups is 1. The van der Waals surface area contributed by atoms with E-state index in [4.69, 9.17) is 5.73 Å². The SMILES string of the molecule is Nc1ccc2c(c1)[C@@]13CCCC[C@H]1[C@H](C2=O)N(CC1CCC1)CC3. The van der Waals surface area contributed by atoms with Crippen LogP contribution in [0.1, 0.15) is 67.3 Å². The molecular formula is C21H28N2O. The van der Waals surface area contributed by atoms with Crippen LogP contribution < -0.4 is 5.73 Å². The van der Waals surface area contributed by atoms with E-state index in [1.807, 2.05) is 12.1 Å². The minimum Gasteiger partial charge on any atom is -0.399 e. The van der Waals surface area contributed by atoms with Crippen LogP contribution in [-0.4, -0.2) is 29.8 Å². The number of benzene rings is 1. The number of anilines is 1. The molecule has 3 atom stereocenters. The van der Waals surface area contributed by atoms with Crippen LogP contribution >= 0.6 is 0 Å².